The molecule has 0 saturated heterocycles. The fraction of sp³-hybridized carbons (Fsp3) is 0.433. The molecule has 0 aliphatic heterocycles. The minimum Gasteiger partial charge on any atom is -0.141 e. The number of thiophene rings is 6. The Bertz CT molecular complexity index is 2380. The van der Waals surface area contributed by atoms with Crippen LogP contribution in [0.2, 0.25) is 0 Å². The van der Waals surface area contributed by atoms with Crippen molar-refractivity contribution >= 4 is 107 Å². The largest absolute Gasteiger partial charge is 0.141 e. The highest BCUT2D eigenvalue weighted by molar-refractivity contribution is 7.29. The lowest BCUT2D eigenvalue weighted by atomic mass is 10.2. The van der Waals surface area contributed by atoms with Crippen LogP contribution < -0.4 is 0 Å². The summed E-state index contributed by atoms with van der Waals surface area (Å²) in [5.74, 6) is 0. The van der Waals surface area contributed by atoms with E-state index in [0.717, 1.165) is 0 Å². The molecule has 0 unspecified atom stereocenters. The van der Waals surface area contributed by atoms with E-state index < -0.39 is 0 Å². The maximum Gasteiger partial charge on any atom is 0.0488 e. The van der Waals surface area contributed by atoms with Crippen LogP contribution in [0.15, 0.2) is 72.8 Å². The molecule has 0 amide bonds. The lowest BCUT2D eigenvalue weighted by molar-refractivity contribution is 1.40. The standard InChI is InChI=1S/2C10H12S2.2C10H10S.C8H10.6C2H6.H2/c2*1-5-7(3)11-10-6(2)8(4)12-9(5)10;1-7-3-4-10-9(5-7)6-8(2)11-10;1-7-3-4-9-6-8(2)11-10(9)5-7;1-7-3-5-8(2)6-4-7;6*1-2;/h2*1-4H3;2*3-6H,1-2H3;3-6H,1-2H3;6*1-2H3;1H/i;;;;;;;;;;;1+1. The Morgan fingerprint density at radius 2 is 0.530 bits per heavy atom. The van der Waals surface area contributed by atoms with Gasteiger partial charge in [0.1, 0.15) is 0 Å². The molecule has 368 valence electrons. The molecule has 6 aromatic heterocycles. The van der Waals surface area contributed by atoms with Crippen LogP contribution in [0.5, 0.6) is 0 Å². The summed E-state index contributed by atoms with van der Waals surface area (Å²) in [7, 11) is 0. The molecule has 0 aliphatic rings. The molecule has 6 heteroatoms. The van der Waals surface area contributed by atoms with Gasteiger partial charge in [-0.3, -0.25) is 0 Å². The second kappa shape index (κ2) is 35.1. The zero-order valence-electron chi connectivity index (χ0n) is 46.4. The van der Waals surface area contributed by atoms with Gasteiger partial charge in [-0.25, -0.2) is 0 Å². The summed E-state index contributed by atoms with van der Waals surface area (Å²) in [6.45, 7) is 54.5. The first-order chi connectivity index (χ1) is 31.5. The predicted octanol–water partition coefficient (Wildman–Crippen LogP) is 24.1. The Morgan fingerprint density at radius 1 is 0.258 bits per heavy atom. The van der Waals surface area contributed by atoms with Gasteiger partial charge in [0.15, 0.2) is 0 Å². The lowest BCUT2D eigenvalue weighted by Gasteiger charge is -1.90. The molecule has 0 bridgehead atoms. The van der Waals surface area contributed by atoms with E-state index in [1.54, 1.807) is 0 Å². The van der Waals surface area contributed by atoms with Crippen LogP contribution in [0.1, 0.15) is 158 Å². The Kier molecular flexibility index (Phi) is 34.5. The van der Waals surface area contributed by atoms with E-state index in [-0.39, 0.29) is 1.43 Å². The second-order valence-corrected chi connectivity index (χ2v) is 21.9. The van der Waals surface area contributed by atoms with Gasteiger partial charge in [0, 0.05) is 58.9 Å². The van der Waals surface area contributed by atoms with E-state index in [2.05, 4.69) is 170 Å². The number of hydrogen-bond donors (Lipinski definition) is 0. The van der Waals surface area contributed by atoms with Crippen molar-refractivity contribution in [2.45, 2.75) is 180 Å². The third kappa shape index (κ3) is 19.9. The van der Waals surface area contributed by atoms with E-state index in [1.165, 1.54) is 113 Å². The van der Waals surface area contributed by atoms with Crippen LogP contribution in [-0.2, 0) is 0 Å². The van der Waals surface area contributed by atoms with Crippen molar-refractivity contribution < 1.29 is 1.43 Å². The molecule has 9 rings (SSSR count). The molecule has 9 aromatic rings. The van der Waals surface area contributed by atoms with Crippen LogP contribution in [0.25, 0.3) is 39.0 Å². The fourth-order valence-corrected chi connectivity index (χ4v) is 13.1. The van der Waals surface area contributed by atoms with Crippen LogP contribution in [0.3, 0.4) is 0 Å². The van der Waals surface area contributed by atoms with Crippen LogP contribution in [0.4, 0.5) is 0 Å². The number of rotatable bonds is 0. The van der Waals surface area contributed by atoms with E-state index in [4.69, 9.17) is 0 Å². The summed E-state index contributed by atoms with van der Waals surface area (Å²) >= 11 is 11.5. The van der Waals surface area contributed by atoms with Crippen molar-refractivity contribution in [3.8, 4) is 0 Å². The maximum atomic E-state index is 2.24. The summed E-state index contributed by atoms with van der Waals surface area (Å²) in [5, 5.41) is 2.76. The molecule has 0 N–H and O–H groups in total. The average molecular weight is 1010 g/mol. The molecule has 0 saturated carbocycles. The zero-order valence-corrected chi connectivity index (χ0v) is 51.3. The monoisotopic (exact) mass is 1010 g/mol. The van der Waals surface area contributed by atoms with Crippen molar-refractivity contribution in [1.29, 1.82) is 0 Å². The zero-order chi connectivity index (χ0) is 51.4. The fourth-order valence-electron chi connectivity index (χ4n) is 5.93. The Hall–Kier alpha value is -3.10. The number of aryl methyl sites for hydroxylation is 14. The van der Waals surface area contributed by atoms with Gasteiger partial charge >= 0.3 is 0 Å². The highest BCUT2D eigenvalue weighted by Crippen LogP contribution is 2.40. The quantitative estimate of drug-likeness (QED) is 0.142. The Balaban J connectivity index is -0.000000723. The first-order valence-corrected chi connectivity index (χ1v) is 29.3. The summed E-state index contributed by atoms with van der Waals surface area (Å²) in [6, 6.07) is 26.1. The van der Waals surface area contributed by atoms with Gasteiger partial charge in [-0.1, -0.05) is 148 Å². The summed E-state index contributed by atoms with van der Waals surface area (Å²) in [6.07, 6.45) is 0. The molecule has 0 nitrogen and oxygen atoms in total. The molecule has 0 aliphatic carbocycles. The van der Waals surface area contributed by atoms with Crippen LogP contribution in [0, 0.1) is 96.9 Å². The van der Waals surface area contributed by atoms with Crippen molar-refractivity contribution in [3.63, 3.8) is 0 Å². The van der Waals surface area contributed by atoms with Gasteiger partial charge < -0.3 is 0 Å². The van der Waals surface area contributed by atoms with E-state index in [9.17, 15) is 0 Å². The van der Waals surface area contributed by atoms with Crippen molar-refractivity contribution in [1.82, 2.24) is 0 Å². The highest BCUT2D eigenvalue weighted by Gasteiger charge is 2.12. The molecule has 0 spiro atoms. The minimum absolute atomic E-state index is 0. The molecule has 0 radical (unpaired) electrons. The Labute approximate surface area is 431 Å². The molecular formula is C60H92S6. The Morgan fingerprint density at radius 3 is 0.879 bits per heavy atom. The van der Waals surface area contributed by atoms with E-state index >= 15 is 0 Å². The molecular weight excluding hydrogens is 913 g/mol. The number of benzene rings is 3. The molecule has 0 fully saturated rings. The van der Waals surface area contributed by atoms with Gasteiger partial charge in [-0.05, 0) is 160 Å². The summed E-state index contributed by atoms with van der Waals surface area (Å²) < 4.78 is 8.83. The molecule has 3 aromatic carbocycles. The SMILES string of the molecule is CC.CC.CC.CC.CC.CC.Cc1ccc(C)cc1.Cc1ccc2cc(C)sc2c1.Cc1ccc2sc(C)cc2c1.Cc1sc2c(C)c(C)sc2c1C.Cc1sc2c(C)c(C)sc2c1C.[2HH]. The third-order valence-corrected chi connectivity index (χ3v) is 17.3. The smallest absolute Gasteiger partial charge is 0.0488 e. The first kappa shape index (κ1) is 65.0. The topological polar surface area (TPSA) is 0 Å². The predicted molar refractivity (Wildman–Crippen MR) is 326 cm³/mol. The third-order valence-electron chi connectivity index (χ3n) is 9.72. The van der Waals surface area contributed by atoms with E-state index in [1.807, 2.05) is 151 Å². The van der Waals surface area contributed by atoms with Gasteiger partial charge in [-0.15, -0.1) is 68.0 Å². The minimum atomic E-state index is 0. The molecule has 0 atom stereocenters. The van der Waals surface area contributed by atoms with Gasteiger partial charge in [0.05, 0.1) is 0 Å². The van der Waals surface area contributed by atoms with Crippen molar-refractivity contribution in [3.05, 3.63) is 147 Å². The first-order valence-electron chi connectivity index (χ1n) is 24.4. The lowest BCUT2D eigenvalue weighted by Crippen LogP contribution is -1.70. The summed E-state index contributed by atoms with van der Waals surface area (Å²) in [5.41, 5.74) is 11.3. The van der Waals surface area contributed by atoms with Crippen molar-refractivity contribution in [2.75, 3.05) is 0 Å². The van der Waals surface area contributed by atoms with Crippen LogP contribution >= 0.6 is 68.0 Å². The van der Waals surface area contributed by atoms with E-state index in [0.29, 0.717) is 0 Å². The number of fused-ring (bicyclic) bond motifs is 4. The summed E-state index contributed by atoms with van der Waals surface area (Å²) in [4.78, 5) is 8.67. The highest BCUT2D eigenvalue weighted by atomic mass is 32.1. The maximum absolute atomic E-state index is 2.24. The number of hydrogen-bond acceptors (Lipinski definition) is 6. The van der Waals surface area contributed by atoms with Crippen LogP contribution in [-0.4, -0.2) is 0 Å². The van der Waals surface area contributed by atoms with Gasteiger partial charge in [-0.2, -0.15) is 0 Å². The average Bonchev–Trinajstić information content (AvgIpc) is 4.16. The normalized spacial score (nSPS) is 9.36. The molecule has 66 heavy (non-hydrogen) atoms. The van der Waals surface area contributed by atoms with Gasteiger partial charge in [0.25, 0.3) is 0 Å². The molecule has 6 heterocycles. The van der Waals surface area contributed by atoms with Crippen molar-refractivity contribution in [2.24, 2.45) is 0 Å². The van der Waals surface area contributed by atoms with Gasteiger partial charge in [0.2, 0.25) is 0 Å². The second-order valence-electron chi connectivity index (χ2n) is 14.4.